The predicted molar refractivity (Wildman–Crippen MR) is 69.4 cm³/mol. The van der Waals surface area contributed by atoms with Crippen molar-refractivity contribution in [3.05, 3.63) is 46.2 Å². The summed E-state index contributed by atoms with van der Waals surface area (Å²) in [5.74, 6) is 0.832. The first-order valence-electron chi connectivity index (χ1n) is 5.18. The fourth-order valence-electron chi connectivity index (χ4n) is 1.46. The maximum Gasteiger partial charge on any atom is 0.120 e. The Balaban J connectivity index is 1.99. The highest BCUT2D eigenvalue weighted by atomic mass is 32.1. The Labute approximate surface area is 104 Å². The number of hydrogen-bond donors (Lipinski definition) is 1. The molecule has 0 atom stereocenters. The van der Waals surface area contributed by atoms with Crippen molar-refractivity contribution in [1.82, 2.24) is 0 Å². The topological polar surface area (TPSA) is 45.0 Å². The number of anilines is 1. The van der Waals surface area contributed by atoms with Gasteiger partial charge in [-0.05, 0) is 24.3 Å². The number of rotatable bonds is 4. The van der Waals surface area contributed by atoms with Crippen LogP contribution in [0.1, 0.15) is 9.75 Å². The number of nitrogens with one attached hydrogen (secondary N) is 1. The molecule has 1 N–H and O–H groups in total. The molecule has 17 heavy (non-hydrogen) atoms. The van der Waals surface area contributed by atoms with Crippen LogP contribution in [0.2, 0.25) is 0 Å². The van der Waals surface area contributed by atoms with E-state index in [1.165, 1.54) is 11.3 Å². The third-order valence-corrected chi connectivity index (χ3v) is 3.30. The van der Waals surface area contributed by atoms with Crippen LogP contribution in [-0.4, -0.2) is 7.11 Å². The highest BCUT2D eigenvalue weighted by molar-refractivity contribution is 7.12. The van der Waals surface area contributed by atoms with Crippen molar-refractivity contribution < 1.29 is 4.74 Å². The summed E-state index contributed by atoms with van der Waals surface area (Å²) in [4.78, 5) is 1.89. The van der Waals surface area contributed by atoms with Gasteiger partial charge in [0.2, 0.25) is 0 Å². The van der Waals surface area contributed by atoms with Gasteiger partial charge in [0, 0.05) is 23.2 Å². The van der Waals surface area contributed by atoms with Gasteiger partial charge in [-0.25, -0.2) is 0 Å². The Morgan fingerprint density at radius 1 is 1.35 bits per heavy atom. The van der Waals surface area contributed by atoms with Crippen LogP contribution in [0.25, 0.3) is 0 Å². The van der Waals surface area contributed by atoms with Crippen molar-refractivity contribution in [1.29, 1.82) is 5.26 Å². The van der Waals surface area contributed by atoms with Crippen molar-refractivity contribution in [3.63, 3.8) is 0 Å². The first-order valence-corrected chi connectivity index (χ1v) is 6.00. The van der Waals surface area contributed by atoms with E-state index in [0.717, 1.165) is 27.7 Å². The highest BCUT2D eigenvalue weighted by Gasteiger charge is 2.00. The fraction of sp³-hybridized carbons (Fsp3) is 0.154. The lowest BCUT2D eigenvalue weighted by Crippen LogP contribution is -1.97. The smallest absolute Gasteiger partial charge is 0.120 e. The molecule has 0 saturated carbocycles. The van der Waals surface area contributed by atoms with E-state index in [9.17, 15) is 0 Å². The van der Waals surface area contributed by atoms with E-state index in [1.54, 1.807) is 7.11 Å². The number of thiophene rings is 1. The van der Waals surface area contributed by atoms with Crippen LogP contribution in [0.15, 0.2) is 36.4 Å². The van der Waals surface area contributed by atoms with E-state index in [0.29, 0.717) is 0 Å². The summed E-state index contributed by atoms with van der Waals surface area (Å²) in [6, 6.07) is 13.7. The molecular formula is C13H12N2OS. The number of nitrogens with zero attached hydrogens (tertiary/aromatic N) is 1. The molecule has 0 unspecified atom stereocenters. The van der Waals surface area contributed by atoms with Crippen LogP contribution >= 0.6 is 11.3 Å². The SMILES string of the molecule is COc1cccc(NCc2ccc(C#N)s2)c1. The third kappa shape index (κ3) is 2.99. The van der Waals surface area contributed by atoms with Crippen LogP contribution in [0.4, 0.5) is 5.69 Å². The molecular weight excluding hydrogens is 232 g/mol. The molecule has 86 valence electrons. The van der Waals surface area contributed by atoms with Gasteiger partial charge >= 0.3 is 0 Å². The van der Waals surface area contributed by atoms with E-state index in [-0.39, 0.29) is 0 Å². The van der Waals surface area contributed by atoms with Crippen LogP contribution in [0.5, 0.6) is 5.75 Å². The first-order chi connectivity index (χ1) is 8.31. The second-order valence-corrected chi connectivity index (χ2v) is 4.63. The van der Waals surface area contributed by atoms with Crippen molar-refractivity contribution >= 4 is 17.0 Å². The summed E-state index contributed by atoms with van der Waals surface area (Å²) < 4.78 is 5.15. The van der Waals surface area contributed by atoms with Crippen LogP contribution in [0, 0.1) is 11.3 Å². The van der Waals surface area contributed by atoms with Gasteiger partial charge in [0.25, 0.3) is 0 Å². The Hall–Kier alpha value is -1.99. The monoisotopic (exact) mass is 244 g/mol. The molecule has 4 heteroatoms. The minimum atomic E-state index is 0.722. The standard InChI is InChI=1S/C13H12N2OS/c1-16-11-4-2-3-10(7-11)15-9-13-6-5-12(8-14)17-13/h2-7,15H,9H2,1H3. The molecule has 2 aromatic rings. The molecule has 0 aliphatic heterocycles. The average Bonchev–Trinajstić information content (AvgIpc) is 2.84. The number of nitriles is 1. The number of hydrogen-bond acceptors (Lipinski definition) is 4. The second kappa shape index (κ2) is 5.37. The summed E-state index contributed by atoms with van der Waals surface area (Å²) in [6.07, 6.45) is 0. The molecule has 0 aliphatic carbocycles. The van der Waals surface area contributed by atoms with E-state index < -0.39 is 0 Å². The minimum Gasteiger partial charge on any atom is -0.497 e. The van der Waals surface area contributed by atoms with E-state index in [1.807, 2.05) is 36.4 Å². The number of benzene rings is 1. The summed E-state index contributed by atoms with van der Waals surface area (Å²) in [5, 5.41) is 12.0. The fourth-order valence-corrected chi connectivity index (χ4v) is 2.20. The minimum absolute atomic E-state index is 0.722. The summed E-state index contributed by atoms with van der Waals surface area (Å²) >= 11 is 1.51. The van der Waals surface area contributed by atoms with E-state index in [2.05, 4.69) is 11.4 Å². The van der Waals surface area contributed by atoms with Gasteiger partial charge in [-0.2, -0.15) is 5.26 Å². The summed E-state index contributed by atoms with van der Waals surface area (Å²) in [6.45, 7) is 0.722. The molecule has 1 aromatic carbocycles. The number of ether oxygens (including phenoxy) is 1. The van der Waals surface area contributed by atoms with Crippen LogP contribution < -0.4 is 10.1 Å². The average molecular weight is 244 g/mol. The summed E-state index contributed by atoms with van der Waals surface area (Å²) in [5.41, 5.74) is 1.01. The lowest BCUT2D eigenvalue weighted by atomic mass is 10.3. The van der Waals surface area contributed by atoms with Crippen LogP contribution in [-0.2, 0) is 6.54 Å². The zero-order valence-corrected chi connectivity index (χ0v) is 10.3. The van der Waals surface area contributed by atoms with Gasteiger partial charge in [0.1, 0.15) is 16.7 Å². The Bertz CT molecular complexity index is 542. The Kier molecular flexibility index (Phi) is 3.63. The molecule has 0 spiro atoms. The molecule has 0 fully saturated rings. The lowest BCUT2D eigenvalue weighted by Gasteiger charge is -2.06. The van der Waals surface area contributed by atoms with Crippen molar-refractivity contribution in [2.75, 3.05) is 12.4 Å². The molecule has 0 amide bonds. The first kappa shape index (κ1) is 11.5. The van der Waals surface area contributed by atoms with Crippen molar-refractivity contribution in [2.24, 2.45) is 0 Å². The predicted octanol–water partition coefficient (Wildman–Crippen LogP) is 3.24. The molecule has 2 rings (SSSR count). The highest BCUT2D eigenvalue weighted by Crippen LogP contribution is 2.20. The van der Waals surface area contributed by atoms with Crippen molar-refractivity contribution in [3.8, 4) is 11.8 Å². The van der Waals surface area contributed by atoms with E-state index in [4.69, 9.17) is 10.00 Å². The zero-order valence-electron chi connectivity index (χ0n) is 9.43. The molecule has 1 aromatic heterocycles. The van der Waals surface area contributed by atoms with Crippen LogP contribution in [0.3, 0.4) is 0 Å². The van der Waals surface area contributed by atoms with E-state index >= 15 is 0 Å². The normalized spacial score (nSPS) is 9.65. The third-order valence-electron chi connectivity index (χ3n) is 2.31. The molecule has 0 bridgehead atoms. The molecule has 0 aliphatic rings. The quantitative estimate of drug-likeness (QED) is 0.898. The summed E-state index contributed by atoms with van der Waals surface area (Å²) in [7, 11) is 1.65. The van der Waals surface area contributed by atoms with Crippen molar-refractivity contribution in [2.45, 2.75) is 6.54 Å². The molecule has 3 nitrogen and oxygen atoms in total. The van der Waals surface area contributed by atoms with Gasteiger partial charge in [0.05, 0.1) is 7.11 Å². The maximum atomic E-state index is 8.73. The van der Waals surface area contributed by atoms with Gasteiger partial charge in [-0.3, -0.25) is 0 Å². The van der Waals surface area contributed by atoms with Gasteiger partial charge in [0.15, 0.2) is 0 Å². The molecule has 0 saturated heterocycles. The second-order valence-electron chi connectivity index (χ2n) is 3.46. The zero-order chi connectivity index (χ0) is 12.1. The van der Waals surface area contributed by atoms with Gasteiger partial charge in [-0.1, -0.05) is 6.07 Å². The number of methoxy groups -OCH3 is 1. The maximum absolute atomic E-state index is 8.73. The Morgan fingerprint density at radius 2 is 2.24 bits per heavy atom. The molecule has 0 radical (unpaired) electrons. The van der Waals surface area contributed by atoms with Gasteiger partial charge < -0.3 is 10.1 Å². The largest absolute Gasteiger partial charge is 0.497 e. The Morgan fingerprint density at radius 3 is 2.94 bits per heavy atom. The van der Waals surface area contributed by atoms with Gasteiger partial charge in [-0.15, -0.1) is 11.3 Å². The lowest BCUT2D eigenvalue weighted by molar-refractivity contribution is 0.415. The molecule has 1 heterocycles.